The summed E-state index contributed by atoms with van der Waals surface area (Å²) in [6.45, 7) is 3.66. The minimum Gasteiger partial charge on any atom is -0.329 e. The van der Waals surface area contributed by atoms with Crippen molar-refractivity contribution in [2.75, 3.05) is 20.6 Å². The molecule has 134 valence electrons. The standard InChI is InChI=1S/C18H25N5OS/c1-4-7-15-17(25-21-20-15)18(24)23-11-6-10-16(23)14-9-5-8-13(19-14)12-22(2)3/h5,8-9,16H,4,6-7,10-12H2,1-3H3/t16-/m0/s1. The van der Waals surface area contributed by atoms with Crippen LogP contribution in [0.1, 0.15) is 59.0 Å². The Kier molecular flexibility index (Phi) is 5.75. The van der Waals surface area contributed by atoms with Gasteiger partial charge in [0.05, 0.1) is 23.1 Å². The van der Waals surface area contributed by atoms with Crippen molar-refractivity contribution >= 4 is 17.4 Å². The molecule has 6 nitrogen and oxygen atoms in total. The smallest absolute Gasteiger partial charge is 0.268 e. The molecule has 0 aliphatic carbocycles. The average Bonchev–Trinajstić information content (AvgIpc) is 3.23. The third-order valence-electron chi connectivity index (χ3n) is 4.40. The summed E-state index contributed by atoms with van der Waals surface area (Å²) in [4.78, 5) is 22.6. The van der Waals surface area contributed by atoms with Gasteiger partial charge in [0.15, 0.2) is 0 Å². The Morgan fingerprint density at radius 2 is 2.24 bits per heavy atom. The number of carbonyl (C=O) groups excluding carboxylic acids is 1. The Morgan fingerprint density at radius 1 is 1.40 bits per heavy atom. The maximum absolute atomic E-state index is 13.1. The Balaban J connectivity index is 1.83. The van der Waals surface area contributed by atoms with Crippen molar-refractivity contribution in [1.29, 1.82) is 0 Å². The third-order valence-corrected chi connectivity index (χ3v) is 5.15. The second-order valence-corrected chi connectivity index (χ2v) is 7.50. The van der Waals surface area contributed by atoms with E-state index in [1.54, 1.807) is 0 Å². The van der Waals surface area contributed by atoms with Gasteiger partial charge in [-0.3, -0.25) is 9.78 Å². The lowest BCUT2D eigenvalue weighted by molar-refractivity contribution is 0.0736. The van der Waals surface area contributed by atoms with Crippen molar-refractivity contribution in [1.82, 2.24) is 24.4 Å². The van der Waals surface area contributed by atoms with Gasteiger partial charge in [-0.2, -0.15) is 0 Å². The summed E-state index contributed by atoms with van der Waals surface area (Å²) in [5, 5.41) is 4.14. The molecule has 25 heavy (non-hydrogen) atoms. The van der Waals surface area contributed by atoms with E-state index in [9.17, 15) is 4.79 Å². The number of rotatable bonds is 6. The van der Waals surface area contributed by atoms with Crippen LogP contribution < -0.4 is 0 Å². The Bertz CT molecular complexity index is 730. The normalized spacial score (nSPS) is 17.4. The van der Waals surface area contributed by atoms with Gasteiger partial charge in [-0.15, -0.1) is 5.10 Å². The molecule has 7 heteroatoms. The van der Waals surface area contributed by atoms with Crippen molar-refractivity contribution in [3.05, 3.63) is 40.2 Å². The lowest BCUT2D eigenvalue weighted by atomic mass is 10.1. The zero-order chi connectivity index (χ0) is 17.8. The van der Waals surface area contributed by atoms with E-state index >= 15 is 0 Å². The second-order valence-electron chi connectivity index (χ2n) is 6.75. The SMILES string of the molecule is CCCc1nnsc1C(=O)N1CCC[C@H]1c1cccc(CN(C)C)n1. The van der Waals surface area contributed by atoms with Crippen molar-refractivity contribution in [2.24, 2.45) is 0 Å². The molecule has 3 rings (SSSR count). The van der Waals surface area contributed by atoms with Crippen LogP contribution >= 0.6 is 11.5 Å². The Labute approximate surface area is 153 Å². The van der Waals surface area contributed by atoms with Gasteiger partial charge in [0.25, 0.3) is 5.91 Å². The maximum Gasteiger partial charge on any atom is 0.268 e. The fraction of sp³-hybridized carbons (Fsp3) is 0.556. The molecular formula is C18H25N5OS. The average molecular weight is 359 g/mol. The number of carbonyl (C=O) groups is 1. The number of likely N-dealkylation sites (tertiary alicyclic amines) is 1. The van der Waals surface area contributed by atoms with Crippen LogP contribution in [0.15, 0.2) is 18.2 Å². The number of hydrogen-bond donors (Lipinski definition) is 0. The molecule has 1 atom stereocenters. The summed E-state index contributed by atoms with van der Waals surface area (Å²) >= 11 is 1.21. The minimum absolute atomic E-state index is 0.0474. The molecular weight excluding hydrogens is 334 g/mol. The fourth-order valence-corrected chi connectivity index (χ4v) is 3.98. The number of nitrogens with zero attached hydrogens (tertiary/aromatic N) is 5. The first-order valence-electron chi connectivity index (χ1n) is 8.83. The molecule has 0 bridgehead atoms. The predicted molar refractivity (Wildman–Crippen MR) is 98.5 cm³/mol. The first-order valence-corrected chi connectivity index (χ1v) is 9.60. The minimum atomic E-state index is 0.0474. The molecule has 0 N–H and O–H groups in total. The molecule has 3 heterocycles. The quantitative estimate of drug-likeness (QED) is 0.793. The zero-order valence-electron chi connectivity index (χ0n) is 15.1. The van der Waals surface area contributed by atoms with E-state index in [2.05, 4.69) is 21.4 Å². The topological polar surface area (TPSA) is 62.2 Å². The van der Waals surface area contributed by atoms with Crippen molar-refractivity contribution in [2.45, 2.75) is 45.2 Å². The van der Waals surface area contributed by atoms with Gasteiger partial charge in [-0.25, -0.2) is 0 Å². The Hall–Kier alpha value is -1.86. The van der Waals surface area contributed by atoms with E-state index < -0.39 is 0 Å². The van der Waals surface area contributed by atoms with E-state index in [0.29, 0.717) is 4.88 Å². The summed E-state index contributed by atoms with van der Waals surface area (Å²) in [6, 6.07) is 6.16. The van der Waals surface area contributed by atoms with Gasteiger partial charge in [-0.1, -0.05) is 23.9 Å². The summed E-state index contributed by atoms with van der Waals surface area (Å²) in [6.07, 6.45) is 3.72. The molecule has 0 saturated carbocycles. The van der Waals surface area contributed by atoms with E-state index in [4.69, 9.17) is 4.98 Å². The van der Waals surface area contributed by atoms with Gasteiger partial charge in [0.2, 0.25) is 0 Å². The fourth-order valence-electron chi connectivity index (χ4n) is 3.31. The van der Waals surface area contributed by atoms with Gasteiger partial charge in [0.1, 0.15) is 4.88 Å². The molecule has 1 amide bonds. The molecule has 1 saturated heterocycles. The molecule has 2 aromatic rings. The first-order chi connectivity index (χ1) is 12.1. The van der Waals surface area contributed by atoms with Gasteiger partial charge < -0.3 is 9.80 Å². The van der Waals surface area contributed by atoms with Crippen molar-refractivity contribution in [3.63, 3.8) is 0 Å². The second kappa shape index (κ2) is 8.01. The maximum atomic E-state index is 13.1. The van der Waals surface area contributed by atoms with Crippen LogP contribution in [0.4, 0.5) is 0 Å². The van der Waals surface area contributed by atoms with Gasteiger partial charge >= 0.3 is 0 Å². The summed E-state index contributed by atoms with van der Waals surface area (Å²) in [5.41, 5.74) is 2.85. The largest absolute Gasteiger partial charge is 0.329 e. The number of hydrogen-bond acceptors (Lipinski definition) is 6. The molecule has 2 aromatic heterocycles. The van der Waals surface area contributed by atoms with Gasteiger partial charge in [0, 0.05) is 13.1 Å². The molecule has 1 fully saturated rings. The number of aryl methyl sites for hydroxylation is 1. The van der Waals surface area contributed by atoms with Crippen LogP contribution in [0.2, 0.25) is 0 Å². The predicted octanol–water partition coefficient (Wildman–Crippen LogP) is 2.92. The van der Waals surface area contributed by atoms with E-state index in [1.807, 2.05) is 37.2 Å². The number of aromatic nitrogens is 3. The van der Waals surface area contributed by atoms with Crippen LogP contribution in [0, 0.1) is 0 Å². The highest BCUT2D eigenvalue weighted by molar-refractivity contribution is 7.08. The highest BCUT2D eigenvalue weighted by atomic mass is 32.1. The molecule has 1 aliphatic heterocycles. The molecule has 0 unspecified atom stereocenters. The molecule has 0 aromatic carbocycles. The van der Waals surface area contributed by atoms with Crippen molar-refractivity contribution in [3.8, 4) is 0 Å². The van der Waals surface area contributed by atoms with Crippen LogP contribution in [0.3, 0.4) is 0 Å². The zero-order valence-corrected chi connectivity index (χ0v) is 15.9. The summed E-state index contributed by atoms with van der Waals surface area (Å²) in [5.74, 6) is 0.0563. The summed E-state index contributed by atoms with van der Waals surface area (Å²) < 4.78 is 4.00. The van der Waals surface area contributed by atoms with Crippen LogP contribution in [-0.4, -0.2) is 50.9 Å². The number of pyridine rings is 1. The van der Waals surface area contributed by atoms with Gasteiger partial charge in [-0.05, 0) is 57.0 Å². The lowest BCUT2D eigenvalue weighted by Gasteiger charge is -2.24. The number of amides is 1. The van der Waals surface area contributed by atoms with E-state index in [-0.39, 0.29) is 11.9 Å². The molecule has 1 aliphatic rings. The lowest BCUT2D eigenvalue weighted by Crippen LogP contribution is -2.31. The third kappa shape index (κ3) is 4.04. The highest BCUT2D eigenvalue weighted by Crippen LogP contribution is 2.33. The molecule has 0 radical (unpaired) electrons. The Morgan fingerprint density at radius 3 is 3.00 bits per heavy atom. The molecule has 0 spiro atoms. The van der Waals surface area contributed by atoms with Crippen molar-refractivity contribution < 1.29 is 4.79 Å². The van der Waals surface area contributed by atoms with Crippen LogP contribution in [0.5, 0.6) is 0 Å². The van der Waals surface area contributed by atoms with Crippen LogP contribution in [-0.2, 0) is 13.0 Å². The van der Waals surface area contributed by atoms with E-state index in [1.165, 1.54) is 11.5 Å². The van der Waals surface area contributed by atoms with E-state index in [0.717, 1.165) is 55.9 Å². The summed E-state index contributed by atoms with van der Waals surface area (Å²) in [7, 11) is 4.07. The monoisotopic (exact) mass is 359 g/mol. The van der Waals surface area contributed by atoms with Crippen LogP contribution in [0.25, 0.3) is 0 Å². The highest BCUT2D eigenvalue weighted by Gasteiger charge is 2.33. The first kappa shape index (κ1) is 17.9.